The number of aliphatic imine (C=N–C) groups is 1. The van der Waals surface area contributed by atoms with E-state index in [0.29, 0.717) is 28.4 Å². The van der Waals surface area contributed by atoms with Gasteiger partial charge in [-0.3, -0.25) is 0 Å². The van der Waals surface area contributed by atoms with Crippen molar-refractivity contribution in [3.05, 3.63) is 76.9 Å². The Hall–Kier alpha value is -4.78. The molecule has 0 spiro atoms. The number of allylic oxidation sites excluding steroid dienone is 4. The first-order chi connectivity index (χ1) is 15.6. The van der Waals surface area contributed by atoms with Gasteiger partial charge in [-0.25, -0.2) is 18.9 Å². The molecule has 1 aromatic carbocycles. The number of para-hydroxylation sites is 1. The largest absolute Gasteiger partial charge is 0.420 e. The van der Waals surface area contributed by atoms with E-state index < -0.39 is 5.82 Å². The lowest BCUT2D eigenvalue weighted by Crippen LogP contribution is -2.42. The second-order valence-corrected chi connectivity index (χ2v) is 6.85. The fraction of sp³-hybridized carbons (Fsp3) is 0.0455. The smallest absolute Gasteiger partial charge is 0.342 e. The summed E-state index contributed by atoms with van der Waals surface area (Å²) >= 11 is 0. The van der Waals surface area contributed by atoms with Crippen LogP contribution in [0.1, 0.15) is 6.42 Å². The average molecular weight is 426 g/mol. The number of benzene rings is 1. The van der Waals surface area contributed by atoms with Crippen molar-refractivity contribution >= 4 is 29.1 Å². The number of nitrogens with one attached hydrogen (secondary N) is 1. The Kier molecular flexibility index (Phi) is 4.68. The molecule has 1 aliphatic heterocycles. The van der Waals surface area contributed by atoms with E-state index in [1.807, 2.05) is 6.08 Å². The molecule has 0 fully saturated rings. The van der Waals surface area contributed by atoms with Crippen LogP contribution in [0, 0.1) is 17.1 Å². The van der Waals surface area contributed by atoms with Crippen LogP contribution in [0.15, 0.2) is 65.3 Å². The van der Waals surface area contributed by atoms with E-state index in [2.05, 4.69) is 31.4 Å². The highest BCUT2D eigenvalue weighted by Crippen LogP contribution is 2.22. The van der Waals surface area contributed by atoms with E-state index in [-0.39, 0.29) is 23.2 Å². The Morgan fingerprint density at radius 3 is 2.88 bits per heavy atom. The molecule has 0 unspecified atom stereocenters. The van der Waals surface area contributed by atoms with E-state index in [4.69, 9.17) is 10.5 Å². The first-order valence-corrected chi connectivity index (χ1v) is 9.59. The molecule has 3 N–H and O–H groups in total. The maximum Gasteiger partial charge on any atom is 0.342 e. The van der Waals surface area contributed by atoms with Crippen molar-refractivity contribution in [2.24, 2.45) is 4.99 Å². The predicted molar refractivity (Wildman–Crippen MR) is 116 cm³/mol. The molecular formula is C22H15FN8O. The minimum atomic E-state index is -0.542. The lowest BCUT2D eigenvalue weighted by Gasteiger charge is -2.10. The fourth-order valence-electron chi connectivity index (χ4n) is 3.38. The normalized spacial score (nSPS) is 18.3. The lowest BCUT2D eigenvalue weighted by atomic mass is 10.0. The molecule has 0 saturated carbocycles. The summed E-state index contributed by atoms with van der Waals surface area (Å²) < 4.78 is 21.1. The summed E-state index contributed by atoms with van der Waals surface area (Å²) in [5.74, 6) is -0.442. The van der Waals surface area contributed by atoms with Crippen LogP contribution >= 0.6 is 0 Å². The van der Waals surface area contributed by atoms with Gasteiger partial charge in [0.15, 0.2) is 17.4 Å². The zero-order valence-electron chi connectivity index (χ0n) is 16.5. The lowest BCUT2D eigenvalue weighted by molar-refractivity contribution is 0.411. The summed E-state index contributed by atoms with van der Waals surface area (Å²) in [6.07, 6.45) is 10.8. The SMILES string of the molecule is N#CC1=CC(=c2nc(N)c3nc(Oc4ccccc4F)nn3c2=C2C=CN=CN2)CC=C1. The van der Waals surface area contributed by atoms with E-state index in [0.717, 1.165) is 5.57 Å². The molecule has 0 radical (unpaired) electrons. The summed E-state index contributed by atoms with van der Waals surface area (Å²) in [5, 5.41) is 17.9. The van der Waals surface area contributed by atoms with Crippen molar-refractivity contribution in [2.45, 2.75) is 6.42 Å². The second-order valence-electron chi connectivity index (χ2n) is 6.85. The van der Waals surface area contributed by atoms with E-state index in [9.17, 15) is 9.65 Å². The number of rotatable bonds is 2. The number of halogens is 1. The Labute approximate surface area is 180 Å². The van der Waals surface area contributed by atoms with E-state index >= 15 is 0 Å². The Morgan fingerprint density at radius 2 is 2.09 bits per heavy atom. The van der Waals surface area contributed by atoms with Crippen LogP contribution in [0.4, 0.5) is 10.2 Å². The van der Waals surface area contributed by atoms with Crippen LogP contribution in [-0.2, 0) is 0 Å². The van der Waals surface area contributed by atoms with Crippen molar-refractivity contribution in [3.8, 4) is 17.8 Å². The minimum Gasteiger partial charge on any atom is -0.420 e. The quantitative estimate of drug-likeness (QED) is 0.635. The number of anilines is 1. The Morgan fingerprint density at radius 1 is 1.22 bits per heavy atom. The van der Waals surface area contributed by atoms with Gasteiger partial charge in [0.1, 0.15) is 5.35 Å². The number of ether oxygens (including phenoxy) is 1. The average Bonchev–Trinajstić information content (AvgIpc) is 3.25. The molecule has 0 saturated heterocycles. The van der Waals surface area contributed by atoms with Crippen LogP contribution in [0.25, 0.3) is 16.9 Å². The first kappa shape index (κ1) is 19.2. The summed E-state index contributed by atoms with van der Waals surface area (Å²) in [6.45, 7) is 0. The predicted octanol–water partition coefficient (Wildman–Crippen LogP) is 1.45. The molecule has 9 nitrogen and oxygen atoms in total. The number of nitrogen functional groups attached to an aromatic ring is 1. The number of nitriles is 1. The molecule has 0 atom stereocenters. The molecule has 10 heteroatoms. The minimum absolute atomic E-state index is 0.0134. The van der Waals surface area contributed by atoms with Crippen LogP contribution in [0.3, 0.4) is 0 Å². The Bertz CT molecular complexity index is 1540. The second kappa shape index (κ2) is 7.81. The Balaban J connectivity index is 1.81. The van der Waals surface area contributed by atoms with Gasteiger partial charge in [-0.1, -0.05) is 18.2 Å². The molecule has 156 valence electrons. The molecule has 0 bridgehead atoms. The molecule has 2 aliphatic rings. The maximum absolute atomic E-state index is 14.1. The van der Waals surface area contributed by atoms with Crippen LogP contribution in [0.5, 0.6) is 11.8 Å². The summed E-state index contributed by atoms with van der Waals surface area (Å²) in [6, 6.07) is 8.01. The molecular weight excluding hydrogens is 411 g/mol. The van der Waals surface area contributed by atoms with Crippen molar-refractivity contribution in [1.29, 1.82) is 5.26 Å². The molecule has 0 amide bonds. The molecule has 5 rings (SSSR count). The van der Waals surface area contributed by atoms with Gasteiger partial charge in [0.25, 0.3) is 0 Å². The maximum atomic E-state index is 14.1. The van der Waals surface area contributed by atoms with Gasteiger partial charge in [-0.2, -0.15) is 10.2 Å². The number of hydrogen-bond acceptors (Lipinski definition) is 8. The third-order valence-electron chi connectivity index (χ3n) is 4.80. The highest BCUT2D eigenvalue weighted by Gasteiger charge is 2.17. The number of nitrogens with two attached hydrogens (primary N) is 1. The number of fused-ring (bicyclic) bond motifs is 1. The third-order valence-corrected chi connectivity index (χ3v) is 4.80. The highest BCUT2D eigenvalue weighted by molar-refractivity contribution is 5.76. The van der Waals surface area contributed by atoms with Gasteiger partial charge in [0.05, 0.1) is 29.0 Å². The molecule has 2 aromatic heterocycles. The fourth-order valence-corrected chi connectivity index (χ4v) is 3.38. The van der Waals surface area contributed by atoms with Crippen molar-refractivity contribution in [2.75, 3.05) is 5.73 Å². The summed E-state index contributed by atoms with van der Waals surface area (Å²) in [5.41, 5.74) is 8.38. The molecule has 32 heavy (non-hydrogen) atoms. The monoisotopic (exact) mass is 426 g/mol. The van der Waals surface area contributed by atoms with Crippen molar-refractivity contribution < 1.29 is 9.13 Å². The van der Waals surface area contributed by atoms with Crippen molar-refractivity contribution in [1.82, 2.24) is 24.9 Å². The highest BCUT2D eigenvalue weighted by atomic mass is 19.1. The van der Waals surface area contributed by atoms with Gasteiger partial charge in [-0.05, 0) is 42.4 Å². The zero-order chi connectivity index (χ0) is 22.1. The topological polar surface area (TPSA) is 127 Å². The standard InChI is InChI=1S/C22H15FN8O/c23-15-6-1-2-7-17(15)32-22-29-21-20(25)28-18(14-5-3-4-13(10-14)11-24)19(31(21)30-22)16-8-9-26-12-27-16/h1-4,6-10,12H,5H2,(H2,25,28)(H,26,27). The van der Waals surface area contributed by atoms with Gasteiger partial charge >= 0.3 is 6.01 Å². The zero-order valence-corrected chi connectivity index (χ0v) is 16.5. The van der Waals surface area contributed by atoms with Gasteiger partial charge in [0.2, 0.25) is 5.65 Å². The first-order valence-electron chi connectivity index (χ1n) is 9.59. The number of hydrogen-bond donors (Lipinski definition) is 2. The molecule has 1 aliphatic carbocycles. The van der Waals surface area contributed by atoms with Crippen LogP contribution < -0.4 is 26.5 Å². The van der Waals surface area contributed by atoms with Gasteiger partial charge in [-0.15, -0.1) is 5.10 Å². The third kappa shape index (κ3) is 3.37. The van der Waals surface area contributed by atoms with Crippen LogP contribution in [0.2, 0.25) is 0 Å². The van der Waals surface area contributed by atoms with E-state index in [1.54, 1.807) is 36.6 Å². The summed E-state index contributed by atoms with van der Waals surface area (Å²) in [4.78, 5) is 12.9. The van der Waals surface area contributed by atoms with Crippen LogP contribution in [-0.4, -0.2) is 25.9 Å². The van der Waals surface area contributed by atoms with E-state index in [1.165, 1.54) is 23.0 Å². The van der Waals surface area contributed by atoms with Gasteiger partial charge in [0, 0.05) is 6.20 Å². The number of aromatic nitrogens is 4. The summed E-state index contributed by atoms with van der Waals surface area (Å²) in [7, 11) is 0. The molecule has 3 heterocycles. The van der Waals surface area contributed by atoms with Gasteiger partial charge < -0.3 is 15.8 Å². The van der Waals surface area contributed by atoms with Crippen molar-refractivity contribution in [3.63, 3.8) is 0 Å². The molecule has 3 aromatic rings. The number of nitrogens with zero attached hydrogens (tertiary/aromatic N) is 6.